The van der Waals surface area contributed by atoms with Gasteiger partial charge in [0.2, 0.25) is 5.91 Å². The molecule has 0 atom stereocenters. The van der Waals surface area contributed by atoms with Gasteiger partial charge in [0.15, 0.2) is 5.96 Å². The Labute approximate surface area is 196 Å². The van der Waals surface area contributed by atoms with Crippen molar-refractivity contribution in [1.82, 2.24) is 25.7 Å². The van der Waals surface area contributed by atoms with Gasteiger partial charge in [-0.2, -0.15) is 5.10 Å². The molecule has 164 valence electrons. The number of guanidine groups is 1. The number of nitrogens with one attached hydrogen (secondary N) is 3. The number of hydrogen-bond donors (Lipinski definition) is 3. The number of aromatic nitrogens is 2. The molecule has 0 unspecified atom stereocenters. The van der Waals surface area contributed by atoms with Crippen LogP contribution in [-0.2, 0) is 11.2 Å². The van der Waals surface area contributed by atoms with Crippen molar-refractivity contribution < 1.29 is 4.79 Å². The summed E-state index contributed by atoms with van der Waals surface area (Å²) in [6.07, 6.45) is 11.0. The van der Waals surface area contributed by atoms with Gasteiger partial charge in [0.25, 0.3) is 0 Å². The molecule has 0 spiro atoms. The van der Waals surface area contributed by atoms with Crippen LogP contribution in [-0.4, -0.2) is 47.8 Å². The largest absolute Gasteiger partial charge is 0.356 e. The fourth-order valence-corrected chi connectivity index (χ4v) is 3.62. The third kappa shape index (κ3) is 7.97. The van der Waals surface area contributed by atoms with Gasteiger partial charge in [0.1, 0.15) is 0 Å². The van der Waals surface area contributed by atoms with E-state index in [2.05, 4.69) is 50.3 Å². The van der Waals surface area contributed by atoms with Crippen LogP contribution in [0.1, 0.15) is 44.1 Å². The zero-order valence-corrected chi connectivity index (χ0v) is 20.0. The Hall–Kier alpha value is -2.10. The summed E-state index contributed by atoms with van der Waals surface area (Å²) in [4.78, 5) is 16.3. The minimum absolute atomic E-state index is 0. The van der Waals surface area contributed by atoms with E-state index in [1.807, 2.05) is 16.9 Å². The van der Waals surface area contributed by atoms with E-state index < -0.39 is 0 Å². The highest BCUT2D eigenvalue weighted by Crippen LogP contribution is 2.17. The third-order valence-corrected chi connectivity index (χ3v) is 5.25. The predicted octanol–water partition coefficient (Wildman–Crippen LogP) is 3.04. The lowest BCUT2D eigenvalue weighted by atomic mass is 9.95. The van der Waals surface area contributed by atoms with Crippen molar-refractivity contribution in [3.05, 3.63) is 48.3 Å². The molecule has 1 saturated carbocycles. The van der Waals surface area contributed by atoms with Gasteiger partial charge in [-0.05, 0) is 43.0 Å². The molecule has 2 aromatic rings. The number of aliphatic imine (C=N–C) groups is 1. The summed E-state index contributed by atoms with van der Waals surface area (Å²) in [5, 5.41) is 13.9. The molecule has 1 heterocycles. The van der Waals surface area contributed by atoms with Crippen LogP contribution in [0.15, 0.2) is 47.7 Å². The SMILES string of the molecule is CN=C(NCCC(=O)NC1CCCCC1)NCCc1ccc(-n2cccn2)cc1.I. The zero-order chi connectivity index (χ0) is 20.3. The highest BCUT2D eigenvalue weighted by Gasteiger charge is 2.15. The summed E-state index contributed by atoms with van der Waals surface area (Å²) in [7, 11) is 1.75. The van der Waals surface area contributed by atoms with Crippen molar-refractivity contribution in [3.63, 3.8) is 0 Å². The first-order valence-corrected chi connectivity index (χ1v) is 10.6. The standard InChI is InChI=1S/C22H32N6O.HI/c1-23-22(25-16-13-21(29)27-19-6-3-2-4-7-19)24-15-12-18-8-10-20(11-9-18)28-17-5-14-26-28;/h5,8-11,14,17,19H,2-4,6-7,12-13,15-16H2,1H3,(H,27,29)(H2,23,24,25);1H. The molecular weight excluding hydrogens is 491 g/mol. The molecule has 3 N–H and O–H groups in total. The lowest BCUT2D eigenvalue weighted by molar-refractivity contribution is -0.121. The zero-order valence-electron chi connectivity index (χ0n) is 17.6. The Bertz CT molecular complexity index is 769. The first-order chi connectivity index (χ1) is 14.2. The normalized spacial score (nSPS) is 14.6. The van der Waals surface area contributed by atoms with E-state index in [0.29, 0.717) is 19.0 Å². The summed E-state index contributed by atoms with van der Waals surface area (Å²) in [6.45, 7) is 1.35. The lowest BCUT2D eigenvalue weighted by Crippen LogP contribution is -2.41. The number of halogens is 1. The second-order valence-electron chi connectivity index (χ2n) is 7.45. The van der Waals surface area contributed by atoms with Gasteiger partial charge in [-0.1, -0.05) is 31.4 Å². The van der Waals surface area contributed by atoms with Crippen LogP contribution in [0, 0.1) is 0 Å². The van der Waals surface area contributed by atoms with Crippen LogP contribution in [0.2, 0.25) is 0 Å². The smallest absolute Gasteiger partial charge is 0.221 e. The fourth-order valence-electron chi connectivity index (χ4n) is 3.62. The van der Waals surface area contributed by atoms with E-state index in [4.69, 9.17) is 0 Å². The molecule has 0 aliphatic heterocycles. The quantitative estimate of drug-likeness (QED) is 0.282. The van der Waals surface area contributed by atoms with E-state index >= 15 is 0 Å². The Balaban J connectivity index is 0.00000320. The van der Waals surface area contributed by atoms with Gasteiger partial charge in [-0.25, -0.2) is 4.68 Å². The third-order valence-electron chi connectivity index (χ3n) is 5.25. The van der Waals surface area contributed by atoms with E-state index in [1.165, 1.54) is 24.8 Å². The number of rotatable bonds is 8. The molecule has 1 aromatic heterocycles. The van der Waals surface area contributed by atoms with E-state index in [1.54, 1.807) is 13.2 Å². The summed E-state index contributed by atoms with van der Waals surface area (Å²) < 4.78 is 1.85. The van der Waals surface area contributed by atoms with Crippen LogP contribution in [0.25, 0.3) is 5.69 Å². The Morgan fingerprint density at radius 2 is 1.87 bits per heavy atom. The number of benzene rings is 1. The van der Waals surface area contributed by atoms with Crippen LogP contribution in [0.5, 0.6) is 0 Å². The molecule has 1 aliphatic rings. The van der Waals surface area contributed by atoms with Crippen molar-refractivity contribution in [2.24, 2.45) is 4.99 Å². The average molecular weight is 524 g/mol. The minimum Gasteiger partial charge on any atom is -0.356 e. The minimum atomic E-state index is 0. The van der Waals surface area contributed by atoms with E-state index in [0.717, 1.165) is 37.5 Å². The summed E-state index contributed by atoms with van der Waals surface area (Å²) in [5.41, 5.74) is 2.30. The first kappa shape index (κ1) is 24.2. The highest BCUT2D eigenvalue weighted by molar-refractivity contribution is 14.0. The lowest BCUT2D eigenvalue weighted by Gasteiger charge is -2.22. The molecule has 3 rings (SSSR count). The summed E-state index contributed by atoms with van der Waals surface area (Å²) in [5.74, 6) is 0.848. The maximum absolute atomic E-state index is 12.1. The molecule has 7 nitrogen and oxygen atoms in total. The van der Waals surface area contributed by atoms with Crippen molar-refractivity contribution in [1.29, 1.82) is 0 Å². The van der Waals surface area contributed by atoms with E-state index in [-0.39, 0.29) is 29.9 Å². The molecule has 0 radical (unpaired) electrons. The Morgan fingerprint density at radius 1 is 1.13 bits per heavy atom. The molecule has 0 saturated heterocycles. The predicted molar refractivity (Wildman–Crippen MR) is 132 cm³/mol. The molecule has 1 fully saturated rings. The molecule has 1 aromatic carbocycles. The van der Waals surface area contributed by atoms with E-state index in [9.17, 15) is 4.79 Å². The molecule has 1 aliphatic carbocycles. The van der Waals surface area contributed by atoms with Gasteiger partial charge in [0.05, 0.1) is 5.69 Å². The van der Waals surface area contributed by atoms with Gasteiger partial charge < -0.3 is 16.0 Å². The number of hydrogen-bond acceptors (Lipinski definition) is 3. The topological polar surface area (TPSA) is 83.3 Å². The summed E-state index contributed by atoms with van der Waals surface area (Å²) in [6, 6.07) is 10.7. The second kappa shape index (κ2) is 13.3. The Kier molecular flexibility index (Phi) is 10.7. The number of carbonyl (C=O) groups excluding carboxylic acids is 1. The van der Waals surface area contributed by atoms with Gasteiger partial charge in [-0.3, -0.25) is 9.79 Å². The van der Waals surface area contributed by atoms with Gasteiger partial charge in [-0.15, -0.1) is 24.0 Å². The molecule has 8 heteroatoms. The van der Waals surface area contributed by atoms with Crippen LogP contribution >= 0.6 is 24.0 Å². The number of carbonyl (C=O) groups is 1. The number of amides is 1. The van der Waals surface area contributed by atoms with Crippen molar-refractivity contribution in [2.45, 2.75) is 51.0 Å². The molecule has 0 bridgehead atoms. The molecule has 30 heavy (non-hydrogen) atoms. The van der Waals surface area contributed by atoms with Crippen molar-refractivity contribution in [3.8, 4) is 5.69 Å². The highest BCUT2D eigenvalue weighted by atomic mass is 127. The second-order valence-corrected chi connectivity index (χ2v) is 7.45. The maximum atomic E-state index is 12.1. The average Bonchev–Trinajstić information content (AvgIpc) is 3.29. The van der Waals surface area contributed by atoms with Gasteiger partial charge >= 0.3 is 0 Å². The van der Waals surface area contributed by atoms with Crippen LogP contribution < -0.4 is 16.0 Å². The summed E-state index contributed by atoms with van der Waals surface area (Å²) >= 11 is 0. The Morgan fingerprint density at radius 3 is 2.53 bits per heavy atom. The fraction of sp³-hybridized carbons (Fsp3) is 0.500. The van der Waals surface area contributed by atoms with Crippen molar-refractivity contribution in [2.75, 3.05) is 20.1 Å². The number of nitrogens with zero attached hydrogens (tertiary/aromatic N) is 3. The maximum Gasteiger partial charge on any atom is 0.221 e. The molecule has 1 amide bonds. The van der Waals surface area contributed by atoms with Crippen LogP contribution in [0.3, 0.4) is 0 Å². The monoisotopic (exact) mass is 524 g/mol. The molecular formula is C22H33IN6O. The van der Waals surface area contributed by atoms with Crippen LogP contribution in [0.4, 0.5) is 0 Å². The van der Waals surface area contributed by atoms with Crippen molar-refractivity contribution >= 4 is 35.8 Å². The van der Waals surface area contributed by atoms with Gasteiger partial charge in [0, 0.05) is 45.0 Å². The first-order valence-electron chi connectivity index (χ1n) is 10.6.